The van der Waals surface area contributed by atoms with Crippen LogP contribution in [0.5, 0.6) is 0 Å². The first-order valence-electron chi connectivity index (χ1n) is 11.9. The summed E-state index contributed by atoms with van der Waals surface area (Å²) in [5.74, 6) is 4.25. The standard InChI is InChI=1S/C25H30ClN3O2S/c26-20-6-4-16(5-7-20)22-18-2-3-19(22)14-29(13-18)21-12-17-8-11-32(31)23(17)24(27-21)28-25(15-30)9-1-10-25/h4-7,12,18-19,22,30H,1-3,8-11,13-15H2,(H,27,28). The van der Waals surface area contributed by atoms with E-state index >= 15 is 0 Å². The maximum atomic E-state index is 12.7. The average molecular weight is 472 g/mol. The van der Waals surface area contributed by atoms with Gasteiger partial charge < -0.3 is 15.3 Å². The summed E-state index contributed by atoms with van der Waals surface area (Å²) in [6.45, 7) is 2.10. The molecule has 3 atom stereocenters. The predicted octanol–water partition coefficient (Wildman–Crippen LogP) is 4.36. The number of hydrogen-bond donors (Lipinski definition) is 2. The summed E-state index contributed by atoms with van der Waals surface area (Å²) in [4.78, 5) is 8.35. The van der Waals surface area contributed by atoms with E-state index in [1.54, 1.807) is 0 Å². The van der Waals surface area contributed by atoms with Crippen LogP contribution in [0.15, 0.2) is 35.2 Å². The molecular formula is C25H30ClN3O2S. The number of rotatable bonds is 5. The quantitative estimate of drug-likeness (QED) is 0.678. The number of piperidine rings is 1. The number of benzene rings is 1. The molecule has 170 valence electrons. The molecule has 4 aliphatic rings. The summed E-state index contributed by atoms with van der Waals surface area (Å²) < 4.78 is 12.7. The van der Waals surface area contributed by atoms with Crippen LogP contribution in [0, 0.1) is 11.8 Å². The largest absolute Gasteiger partial charge is 0.394 e. The van der Waals surface area contributed by atoms with Crippen molar-refractivity contribution >= 4 is 34.0 Å². The van der Waals surface area contributed by atoms with Gasteiger partial charge in [0.05, 0.1) is 27.8 Å². The number of anilines is 2. The molecule has 0 radical (unpaired) electrons. The van der Waals surface area contributed by atoms with Gasteiger partial charge in [0.15, 0.2) is 0 Å². The third-order valence-electron chi connectivity index (χ3n) is 8.23. The van der Waals surface area contributed by atoms with Gasteiger partial charge >= 0.3 is 0 Å². The zero-order chi connectivity index (χ0) is 21.9. The van der Waals surface area contributed by atoms with Crippen molar-refractivity contribution in [3.63, 3.8) is 0 Å². The molecule has 32 heavy (non-hydrogen) atoms. The van der Waals surface area contributed by atoms with Crippen LogP contribution in [0.3, 0.4) is 0 Å². The molecule has 3 heterocycles. The normalized spacial score (nSPS) is 30.1. The van der Waals surface area contributed by atoms with E-state index in [9.17, 15) is 9.32 Å². The number of aliphatic hydroxyl groups is 1. The summed E-state index contributed by atoms with van der Waals surface area (Å²) in [6.07, 6.45) is 6.33. The van der Waals surface area contributed by atoms with Crippen molar-refractivity contribution in [2.45, 2.75) is 54.9 Å². The highest BCUT2D eigenvalue weighted by Crippen LogP contribution is 2.49. The topological polar surface area (TPSA) is 65.5 Å². The van der Waals surface area contributed by atoms with E-state index in [2.05, 4.69) is 28.4 Å². The van der Waals surface area contributed by atoms with Crippen molar-refractivity contribution in [2.75, 3.05) is 35.7 Å². The molecule has 3 unspecified atom stereocenters. The third kappa shape index (κ3) is 3.46. The lowest BCUT2D eigenvalue weighted by Crippen LogP contribution is -2.49. The number of nitrogens with one attached hydrogen (secondary N) is 1. The maximum Gasteiger partial charge on any atom is 0.145 e. The molecule has 0 spiro atoms. The fourth-order valence-electron chi connectivity index (χ4n) is 6.38. The van der Waals surface area contributed by atoms with Crippen LogP contribution in [-0.2, 0) is 17.2 Å². The third-order valence-corrected chi connectivity index (χ3v) is 9.97. The van der Waals surface area contributed by atoms with E-state index in [1.807, 2.05) is 12.1 Å². The summed E-state index contributed by atoms with van der Waals surface area (Å²) in [5, 5.41) is 14.3. The molecule has 2 bridgehead atoms. The van der Waals surface area contributed by atoms with Gasteiger partial charge in [0.2, 0.25) is 0 Å². The minimum absolute atomic E-state index is 0.0942. The summed E-state index contributed by atoms with van der Waals surface area (Å²) in [5.41, 5.74) is 2.28. The highest BCUT2D eigenvalue weighted by Gasteiger charge is 2.44. The zero-order valence-corrected chi connectivity index (χ0v) is 19.8. The first-order chi connectivity index (χ1) is 15.5. The Balaban J connectivity index is 1.30. The summed E-state index contributed by atoms with van der Waals surface area (Å²) in [6, 6.07) is 10.6. The number of halogens is 1. The van der Waals surface area contributed by atoms with Crippen LogP contribution < -0.4 is 10.2 Å². The fourth-order valence-corrected chi connectivity index (χ4v) is 7.88. The van der Waals surface area contributed by atoms with Crippen LogP contribution in [0.4, 0.5) is 11.6 Å². The summed E-state index contributed by atoms with van der Waals surface area (Å²) >= 11 is 6.12. The second-order valence-corrected chi connectivity index (χ2v) is 12.1. The maximum absolute atomic E-state index is 12.7. The number of pyridine rings is 1. The molecule has 1 aromatic heterocycles. The van der Waals surface area contributed by atoms with Crippen molar-refractivity contribution in [1.29, 1.82) is 0 Å². The highest BCUT2D eigenvalue weighted by atomic mass is 35.5. The fraction of sp³-hybridized carbons (Fsp3) is 0.560. The molecule has 2 aromatic rings. The van der Waals surface area contributed by atoms with Gasteiger partial charge in [-0.2, -0.15) is 0 Å². The Morgan fingerprint density at radius 1 is 1.19 bits per heavy atom. The van der Waals surface area contributed by atoms with E-state index in [0.29, 0.717) is 23.5 Å². The van der Waals surface area contributed by atoms with Crippen molar-refractivity contribution < 1.29 is 9.32 Å². The molecule has 5 nitrogen and oxygen atoms in total. The minimum Gasteiger partial charge on any atom is -0.394 e. The van der Waals surface area contributed by atoms with Gasteiger partial charge in [0.25, 0.3) is 0 Å². The average Bonchev–Trinajstić information content (AvgIpc) is 3.27. The number of fused-ring (bicyclic) bond motifs is 3. The van der Waals surface area contributed by atoms with E-state index in [4.69, 9.17) is 16.6 Å². The lowest BCUT2D eigenvalue weighted by molar-refractivity contribution is 0.143. The van der Waals surface area contributed by atoms with Gasteiger partial charge in [-0.3, -0.25) is 4.21 Å². The predicted molar refractivity (Wildman–Crippen MR) is 129 cm³/mol. The molecule has 3 fully saturated rings. The van der Waals surface area contributed by atoms with Gasteiger partial charge in [0, 0.05) is 23.9 Å². The highest BCUT2D eigenvalue weighted by molar-refractivity contribution is 7.85. The smallest absolute Gasteiger partial charge is 0.145 e. The molecule has 2 aliphatic carbocycles. The number of aryl methyl sites for hydroxylation is 1. The van der Waals surface area contributed by atoms with Crippen LogP contribution in [0.25, 0.3) is 0 Å². The number of nitrogens with zero attached hydrogens (tertiary/aromatic N) is 2. The van der Waals surface area contributed by atoms with Crippen LogP contribution in [-0.4, -0.2) is 45.3 Å². The van der Waals surface area contributed by atoms with Crippen LogP contribution in [0.2, 0.25) is 5.02 Å². The number of hydrogen-bond acceptors (Lipinski definition) is 5. The van der Waals surface area contributed by atoms with Gasteiger partial charge in [0.1, 0.15) is 11.6 Å². The Morgan fingerprint density at radius 3 is 2.53 bits per heavy atom. The van der Waals surface area contributed by atoms with Gasteiger partial charge in [-0.15, -0.1) is 0 Å². The second-order valence-electron chi connectivity index (χ2n) is 10.1. The molecule has 0 amide bonds. The van der Waals surface area contributed by atoms with Crippen LogP contribution >= 0.6 is 11.6 Å². The minimum atomic E-state index is -1.01. The lowest BCUT2D eigenvalue weighted by atomic mass is 9.77. The van der Waals surface area contributed by atoms with E-state index in [1.165, 1.54) is 18.4 Å². The van der Waals surface area contributed by atoms with E-state index in [-0.39, 0.29) is 12.1 Å². The lowest BCUT2D eigenvalue weighted by Gasteiger charge is -2.42. The Kier molecular flexibility index (Phi) is 5.23. The van der Waals surface area contributed by atoms with Gasteiger partial charge in [-0.1, -0.05) is 23.7 Å². The summed E-state index contributed by atoms with van der Waals surface area (Å²) in [7, 11) is -1.01. The Hall–Kier alpha value is -1.63. The SMILES string of the molecule is O=S1CCc2cc(N3CC4CCC(C3)C4c3ccc(Cl)cc3)nc(NC3(CO)CCC3)c21. The van der Waals surface area contributed by atoms with Gasteiger partial charge in [-0.25, -0.2) is 4.98 Å². The van der Waals surface area contributed by atoms with Crippen molar-refractivity contribution in [2.24, 2.45) is 11.8 Å². The first-order valence-corrected chi connectivity index (χ1v) is 13.6. The Labute approximate surface area is 197 Å². The van der Waals surface area contributed by atoms with E-state index in [0.717, 1.165) is 65.9 Å². The van der Waals surface area contributed by atoms with Crippen LogP contribution in [0.1, 0.15) is 49.1 Å². The Bertz CT molecular complexity index is 1040. The molecular weight excluding hydrogens is 442 g/mol. The monoisotopic (exact) mass is 471 g/mol. The van der Waals surface area contributed by atoms with Crippen molar-refractivity contribution in [3.05, 3.63) is 46.5 Å². The van der Waals surface area contributed by atoms with Crippen molar-refractivity contribution in [1.82, 2.24) is 4.98 Å². The van der Waals surface area contributed by atoms with Crippen molar-refractivity contribution in [3.8, 4) is 0 Å². The first kappa shape index (κ1) is 20.9. The molecule has 2 saturated carbocycles. The second kappa shape index (κ2) is 8.00. The molecule has 1 saturated heterocycles. The number of aromatic nitrogens is 1. The molecule has 1 aromatic carbocycles. The zero-order valence-electron chi connectivity index (χ0n) is 18.2. The number of aliphatic hydroxyl groups excluding tert-OH is 1. The molecule has 2 N–H and O–H groups in total. The molecule has 2 aliphatic heterocycles. The van der Waals surface area contributed by atoms with Gasteiger partial charge in [-0.05, 0) is 85.6 Å². The molecule has 6 rings (SSSR count). The Morgan fingerprint density at radius 2 is 1.91 bits per heavy atom. The van der Waals surface area contributed by atoms with E-state index < -0.39 is 10.8 Å². The molecule has 7 heteroatoms.